The van der Waals surface area contributed by atoms with Crippen molar-refractivity contribution >= 4 is 16.8 Å². The molecule has 0 amide bonds. The maximum atomic E-state index is 10.7. The van der Waals surface area contributed by atoms with Crippen molar-refractivity contribution in [2.24, 2.45) is 0 Å². The van der Waals surface area contributed by atoms with Crippen LogP contribution in [0.3, 0.4) is 0 Å². The molecule has 0 aliphatic heterocycles. The average Bonchev–Trinajstić information content (AvgIpc) is 3.28. The predicted octanol–water partition coefficient (Wildman–Crippen LogP) is 3.42. The van der Waals surface area contributed by atoms with Gasteiger partial charge in [0.2, 0.25) is 17.7 Å². The van der Waals surface area contributed by atoms with Crippen molar-refractivity contribution in [3.05, 3.63) is 70.4 Å². The second-order valence-electron chi connectivity index (χ2n) is 6.05. The third-order valence-electron chi connectivity index (χ3n) is 3.94. The van der Waals surface area contributed by atoms with Crippen molar-refractivity contribution < 1.29 is 13.8 Å². The van der Waals surface area contributed by atoms with Crippen LogP contribution in [0.5, 0.6) is 0 Å². The van der Waals surface area contributed by atoms with Crippen LogP contribution in [-0.2, 0) is 13.1 Å². The summed E-state index contributed by atoms with van der Waals surface area (Å²) in [5.41, 5.74) is 2.20. The lowest BCUT2D eigenvalue weighted by molar-refractivity contribution is -0.384. The Bertz CT molecular complexity index is 1050. The van der Waals surface area contributed by atoms with Gasteiger partial charge in [-0.3, -0.25) is 15.0 Å². The summed E-state index contributed by atoms with van der Waals surface area (Å²) in [6, 6.07) is 13.6. The van der Waals surface area contributed by atoms with E-state index in [1.54, 1.807) is 12.1 Å². The highest BCUT2D eigenvalue weighted by Crippen LogP contribution is 2.22. The van der Waals surface area contributed by atoms with Gasteiger partial charge in [0.25, 0.3) is 5.69 Å². The van der Waals surface area contributed by atoms with Gasteiger partial charge < -0.3 is 8.83 Å². The first-order valence-corrected chi connectivity index (χ1v) is 8.19. The number of nitro groups is 1. The third-order valence-corrected chi connectivity index (χ3v) is 3.94. The summed E-state index contributed by atoms with van der Waals surface area (Å²) in [7, 11) is 1.89. The molecule has 0 atom stereocenters. The van der Waals surface area contributed by atoms with E-state index in [0.29, 0.717) is 36.3 Å². The quantitative estimate of drug-likeness (QED) is 0.377. The van der Waals surface area contributed by atoms with E-state index in [-0.39, 0.29) is 5.69 Å². The first-order valence-electron chi connectivity index (χ1n) is 8.19. The van der Waals surface area contributed by atoms with Crippen molar-refractivity contribution in [3.8, 4) is 11.5 Å². The largest absolute Gasteiger partial charge is 0.439 e. The second kappa shape index (κ2) is 6.96. The molecule has 9 nitrogen and oxygen atoms in total. The Hall–Kier alpha value is -3.59. The van der Waals surface area contributed by atoms with Gasteiger partial charge in [-0.15, -0.1) is 10.2 Å². The van der Waals surface area contributed by atoms with Gasteiger partial charge in [0.1, 0.15) is 5.52 Å². The molecule has 0 bridgehead atoms. The third kappa shape index (κ3) is 3.67. The van der Waals surface area contributed by atoms with Crippen LogP contribution >= 0.6 is 0 Å². The molecule has 0 aliphatic rings. The average molecular weight is 365 g/mol. The van der Waals surface area contributed by atoms with E-state index in [1.807, 2.05) is 36.2 Å². The molecule has 0 N–H and O–H groups in total. The maximum absolute atomic E-state index is 10.7. The van der Waals surface area contributed by atoms with E-state index in [9.17, 15) is 10.1 Å². The Labute approximate surface area is 153 Å². The highest BCUT2D eigenvalue weighted by molar-refractivity contribution is 5.72. The van der Waals surface area contributed by atoms with Gasteiger partial charge in [-0.2, -0.15) is 0 Å². The molecule has 0 aliphatic carbocycles. The maximum Gasteiger partial charge on any atom is 0.269 e. The summed E-state index contributed by atoms with van der Waals surface area (Å²) < 4.78 is 11.4. The minimum atomic E-state index is -0.454. The van der Waals surface area contributed by atoms with Gasteiger partial charge in [0.15, 0.2) is 5.58 Å². The van der Waals surface area contributed by atoms with Gasteiger partial charge in [-0.1, -0.05) is 12.1 Å². The molecule has 4 rings (SSSR count). The monoisotopic (exact) mass is 365 g/mol. The summed E-state index contributed by atoms with van der Waals surface area (Å²) in [6.07, 6.45) is 0. The predicted molar refractivity (Wildman–Crippen MR) is 95.6 cm³/mol. The number of nitro benzene ring substituents is 1. The molecule has 136 valence electrons. The lowest BCUT2D eigenvalue weighted by atomic mass is 10.2. The summed E-state index contributed by atoms with van der Waals surface area (Å²) in [4.78, 5) is 16.6. The highest BCUT2D eigenvalue weighted by atomic mass is 16.6. The van der Waals surface area contributed by atoms with E-state index >= 15 is 0 Å². The van der Waals surface area contributed by atoms with Crippen LogP contribution < -0.4 is 0 Å². The number of benzene rings is 2. The Morgan fingerprint density at radius 1 is 1.00 bits per heavy atom. The number of rotatable bonds is 6. The Balaban J connectivity index is 1.43. The van der Waals surface area contributed by atoms with Gasteiger partial charge >= 0.3 is 0 Å². The van der Waals surface area contributed by atoms with Crippen LogP contribution in [0.1, 0.15) is 11.8 Å². The molecule has 2 heterocycles. The molecule has 2 aromatic heterocycles. The minimum Gasteiger partial charge on any atom is -0.439 e. The highest BCUT2D eigenvalue weighted by Gasteiger charge is 2.14. The SMILES string of the molecule is CN(Cc1nnc(-c2ccc([N+](=O)[O-])cc2)o1)Cc1nc2ccccc2o1. The van der Waals surface area contributed by atoms with E-state index in [4.69, 9.17) is 8.83 Å². The first kappa shape index (κ1) is 16.9. The van der Waals surface area contributed by atoms with E-state index < -0.39 is 4.92 Å². The molecule has 0 unspecified atom stereocenters. The zero-order chi connectivity index (χ0) is 18.8. The number of fused-ring (bicyclic) bond motifs is 1. The molecule has 27 heavy (non-hydrogen) atoms. The lowest BCUT2D eigenvalue weighted by Gasteiger charge is -2.10. The molecular formula is C18H15N5O4. The zero-order valence-corrected chi connectivity index (χ0v) is 14.4. The Kier molecular flexibility index (Phi) is 4.35. The normalized spacial score (nSPS) is 11.3. The molecule has 2 aromatic carbocycles. The van der Waals surface area contributed by atoms with Crippen LogP contribution in [0, 0.1) is 10.1 Å². The molecule has 0 radical (unpaired) electrons. The number of oxazole rings is 1. The molecule has 4 aromatic rings. The summed E-state index contributed by atoms with van der Waals surface area (Å²) in [5, 5.41) is 18.8. The number of para-hydroxylation sites is 2. The van der Waals surface area contributed by atoms with Crippen LogP contribution in [0.25, 0.3) is 22.6 Å². The number of hydrogen-bond donors (Lipinski definition) is 0. The molecular weight excluding hydrogens is 350 g/mol. The van der Waals surface area contributed by atoms with Crippen LogP contribution in [-0.4, -0.2) is 32.1 Å². The summed E-state index contributed by atoms with van der Waals surface area (Å²) in [5.74, 6) is 1.35. The molecule has 0 saturated carbocycles. The van der Waals surface area contributed by atoms with Gasteiger partial charge in [0.05, 0.1) is 18.0 Å². The molecule has 0 fully saturated rings. The Morgan fingerprint density at radius 3 is 2.48 bits per heavy atom. The standard InChI is InChI=1S/C18H15N5O4/c1-22(10-16-19-14-4-2-3-5-15(14)26-16)11-17-20-21-18(27-17)12-6-8-13(9-7-12)23(24)25/h2-9H,10-11H2,1H3. The van der Waals surface area contributed by atoms with Crippen LogP contribution in [0.15, 0.2) is 57.4 Å². The second-order valence-corrected chi connectivity index (χ2v) is 6.05. The number of non-ortho nitro benzene ring substituents is 1. The Morgan fingerprint density at radius 2 is 1.74 bits per heavy atom. The summed E-state index contributed by atoms with van der Waals surface area (Å²) in [6.45, 7) is 0.905. The number of aromatic nitrogens is 3. The van der Waals surface area contributed by atoms with E-state index in [1.165, 1.54) is 12.1 Å². The minimum absolute atomic E-state index is 0.0107. The topological polar surface area (TPSA) is 111 Å². The smallest absolute Gasteiger partial charge is 0.269 e. The van der Waals surface area contributed by atoms with Crippen molar-refractivity contribution in [3.63, 3.8) is 0 Å². The molecule has 0 saturated heterocycles. The summed E-state index contributed by atoms with van der Waals surface area (Å²) >= 11 is 0. The zero-order valence-electron chi connectivity index (χ0n) is 14.4. The fourth-order valence-electron chi connectivity index (χ4n) is 2.67. The van der Waals surface area contributed by atoms with Gasteiger partial charge in [-0.05, 0) is 31.3 Å². The van der Waals surface area contributed by atoms with Crippen LogP contribution in [0.4, 0.5) is 5.69 Å². The van der Waals surface area contributed by atoms with Crippen molar-refractivity contribution in [2.45, 2.75) is 13.1 Å². The van der Waals surface area contributed by atoms with Gasteiger partial charge in [-0.25, -0.2) is 4.98 Å². The number of hydrogen-bond acceptors (Lipinski definition) is 8. The van der Waals surface area contributed by atoms with Crippen molar-refractivity contribution in [1.29, 1.82) is 0 Å². The molecule has 9 heteroatoms. The lowest BCUT2D eigenvalue weighted by Crippen LogP contribution is -2.17. The van der Waals surface area contributed by atoms with Gasteiger partial charge in [0, 0.05) is 17.7 Å². The number of nitrogens with zero attached hydrogens (tertiary/aromatic N) is 5. The van der Waals surface area contributed by atoms with Crippen molar-refractivity contribution in [1.82, 2.24) is 20.1 Å². The van der Waals surface area contributed by atoms with E-state index in [2.05, 4.69) is 15.2 Å². The van der Waals surface area contributed by atoms with E-state index in [0.717, 1.165) is 11.1 Å². The molecule has 0 spiro atoms. The van der Waals surface area contributed by atoms with Crippen LogP contribution in [0.2, 0.25) is 0 Å². The fraction of sp³-hybridized carbons (Fsp3) is 0.167. The van der Waals surface area contributed by atoms with Crippen molar-refractivity contribution in [2.75, 3.05) is 7.05 Å². The first-order chi connectivity index (χ1) is 13.1. The fourth-order valence-corrected chi connectivity index (χ4v) is 2.67.